The fraction of sp³-hybridized carbons (Fsp3) is 0.263. The van der Waals surface area contributed by atoms with Crippen LogP contribution >= 0.6 is 0 Å². The number of carbonyl (C=O) groups is 1. The highest BCUT2D eigenvalue weighted by atomic mass is 16.2. The second-order valence-electron chi connectivity index (χ2n) is 6.04. The summed E-state index contributed by atoms with van der Waals surface area (Å²) in [5, 5.41) is 19.2. The number of carbonyl (C=O) groups excluding carboxylic acids is 1. The van der Waals surface area contributed by atoms with Crippen molar-refractivity contribution in [3.63, 3.8) is 0 Å². The molecular weight excluding hydrogens is 328 g/mol. The van der Waals surface area contributed by atoms with E-state index in [0.29, 0.717) is 38.4 Å². The molecule has 0 unspecified atom stereocenters. The summed E-state index contributed by atoms with van der Waals surface area (Å²) in [7, 11) is 0. The summed E-state index contributed by atoms with van der Waals surface area (Å²) in [4.78, 5) is 16.4. The van der Waals surface area contributed by atoms with Crippen LogP contribution in [0.3, 0.4) is 0 Å². The maximum atomic E-state index is 12.5. The van der Waals surface area contributed by atoms with Gasteiger partial charge in [-0.2, -0.15) is 0 Å². The molecule has 1 saturated heterocycles. The Morgan fingerprint density at radius 1 is 1.15 bits per heavy atom. The van der Waals surface area contributed by atoms with E-state index in [2.05, 4.69) is 15.9 Å². The molecule has 1 fully saturated rings. The molecule has 7 nitrogen and oxygen atoms in total. The number of amides is 1. The number of nitrogens with one attached hydrogen (secondary N) is 2. The maximum absolute atomic E-state index is 12.5. The fourth-order valence-electron chi connectivity index (χ4n) is 2.88. The van der Waals surface area contributed by atoms with Crippen LogP contribution in [0.25, 0.3) is 0 Å². The van der Waals surface area contributed by atoms with Crippen LogP contribution in [0.4, 0.5) is 5.82 Å². The number of hydrogen-bond acceptors (Lipinski definition) is 5. The van der Waals surface area contributed by atoms with E-state index in [4.69, 9.17) is 17.2 Å². The number of aromatic nitrogens is 2. The molecule has 0 aliphatic carbocycles. The third-order valence-corrected chi connectivity index (χ3v) is 4.40. The molecule has 1 amide bonds. The number of hydrogen-bond donors (Lipinski definition) is 2. The summed E-state index contributed by atoms with van der Waals surface area (Å²) < 4.78 is 1.22. The molecule has 7 heteroatoms. The van der Waals surface area contributed by atoms with Gasteiger partial charge >= 0.3 is 0 Å². The molecule has 0 bridgehead atoms. The first-order valence-corrected chi connectivity index (χ1v) is 8.34. The van der Waals surface area contributed by atoms with Gasteiger partial charge in [0.05, 0.1) is 6.42 Å². The van der Waals surface area contributed by atoms with Crippen LogP contribution in [-0.2, 0) is 11.2 Å². The zero-order valence-electron chi connectivity index (χ0n) is 14.4. The van der Waals surface area contributed by atoms with Gasteiger partial charge in [-0.25, -0.2) is 4.68 Å². The second kappa shape index (κ2) is 7.66. The molecule has 2 heterocycles. The van der Waals surface area contributed by atoms with E-state index < -0.39 is 0 Å². The Kier molecular flexibility index (Phi) is 5.13. The van der Waals surface area contributed by atoms with E-state index in [-0.39, 0.29) is 11.4 Å². The Morgan fingerprint density at radius 3 is 2.46 bits per heavy atom. The van der Waals surface area contributed by atoms with Crippen molar-refractivity contribution in [1.82, 2.24) is 14.7 Å². The van der Waals surface area contributed by atoms with Crippen molar-refractivity contribution in [2.75, 3.05) is 31.1 Å². The largest absolute Gasteiger partial charge is 0.352 e. The highest BCUT2D eigenvalue weighted by molar-refractivity contribution is 5.79. The Hall–Kier alpha value is -3.40. The first kappa shape index (κ1) is 17.4. The van der Waals surface area contributed by atoms with Crippen LogP contribution in [0.2, 0.25) is 0 Å². The average molecular weight is 348 g/mol. The molecule has 132 valence electrons. The fourth-order valence-corrected chi connectivity index (χ4v) is 2.88. The lowest BCUT2D eigenvalue weighted by atomic mass is 10.1. The summed E-state index contributed by atoms with van der Waals surface area (Å²) in [6.45, 7) is 2.58. The molecule has 0 radical (unpaired) electrons. The standard InChI is InChI=1S/C19H20N6O/c1-2-15-3-5-16(6-4-15)13-19(26)24-11-9-23(10-12-24)18-8-7-17(21)25(14-20)22-18/h1,3-8,14,20-21H,9-13H2. The zero-order valence-corrected chi connectivity index (χ0v) is 14.4. The molecule has 0 atom stereocenters. The smallest absolute Gasteiger partial charge is 0.227 e. The van der Waals surface area contributed by atoms with Crippen molar-refractivity contribution in [1.29, 1.82) is 10.8 Å². The summed E-state index contributed by atoms with van der Waals surface area (Å²) >= 11 is 0. The van der Waals surface area contributed by atoms with Crippen LogP contribution in [0.1, 0.15) is 11.1 Å². The second-order valence-corrected chi connectivity index (χ2v) is 6.04. The molecule has 0 saturated carbocycles. The van der Waals surface area contributed by atoms with Crippen molar-refractivity contribution in [2.24, 2.45) is 0 Å². The van der Waals surface area contributed by atoms with E-state index in [0.717, 1.165) is 17.5 Å². The van der Waals surface area contributed by atoms with Gasteiger partial charge in [-0.05, 0) is 29.8 Å². The third-order valence-electron chi connectivity index (χ3n) is 4.40. The van der Waals surface area contributed by atoms with Gasteiger partial charge in [-0.15, -0.1) is 11.5 Å². The van der Waals surface area contributed by atoms with Gasteiger partial charge < -0.3 is 9.80 Å². The minimum Gasteiger partial charge on any atom is -0.352 e. The molecule has 2 N–H and O–H groups in total. The summed E-state index contributed by atoms with van der Waals surface area (Å²) in [6.07, 6.45) is 6.72. The first-order valence-electron chi connectivity index (χ1n) is 8.34. The predicted octanol–water partition coefficient (Wildman–Crippen LogP) is 0.690. The summed E-state index contributed by atoms with van der Waals surface area (Å²) in [6, 6.07) is 10.9. The zero-order chi connectivity index (χ0) is 18.5. The normalized spacial score (nSPS) is 14.0. The van der Waals surface area contributed by atoms with Crippen molar-refractivity contribution in [3.05, 3.63) is 53.0 Å². The number of benzene rings is 1. The van der Waals surface area contributed by atoms with Crippen LogP contribution < -0.4 is 10.4 Å². The monoisotopic (exact) mass is 348 g/mol. The molecule has 1 aliphatic rings. The van der Waals surface area contributed by atoms with E-state index >= 15 is 0 Å². The molecule has 1 aromatic carbocycles. The predicted molar refractivity (Wildman–Crippen MR) is 99.1 cm³/mol. The van der Waals surface area contributed by atoms with Crippen molar-refractivity contribution in [3.8, 4) is 12.3 Å². The lowest BCUT2D eigenvalue weighted by molar-refractivity contribution is -0.130. The molecule has 2 aromatic rings. The molecular formula is C19H20N6O. The summed E-state index contributed by atoms with van der Waals surface area (Å²) in [5.74, 6) is 3.38. The highest BCUT2D eigenvalue weighted by Gasteiger charge is 2.22. The molecule has 1 aromatic heterocycles. The number of rotatable bonds is 4. The van der Waals surface area contributed by atoms with E-state index in [9.17, 15) is 4.79 Å². The Bertz CT molecular complexity index is 901. The lowest BCUT2D eigenvalue weighted by Crippen LogP contribution is -2.49. The van der Waals surface area contributed by atoms with E-state index in [1.165, 1.54) is 4.68 Å². The lowest BCUT2D eigenvalue weighted by Gasteiger charge is -2.35. The Labute approximate surface area is 151 Å². The number of nitrogens with zero attached hydrogens (tertiary/aromatic N) is 4. The Balaban J connectivity index is 1.59. The van der Waals surface area contributed by atoms with Crippen LogP contribution in [0, 0.1) is 23.2 Å². The van der Waals surface area contributed by atoms with Crippen molar-refractivity contribution < 1.29 is 4.79 Å². The van der Waals surface area contributed by atoms with Gasteiger partial charge in [-0.1, -0.05) is 18.1 Å². The van der Waals surface area contributed by atoms with Gasteiger partial charge in [0.1, 0.15) is 17.6 Å². The molecule has 0 spiro atoms. The topological polar surface area (TPSA) is 89.1 Å². The Morgan fingerprint density at radius 2 is 1.85 bits per heavy atom. The molecule has 3 rings (SSSR count). The highest BCUT2D eigenvalue weighted by Crippen LogP contribution is 2.13. The molecule has 1 aliphatic heterocycles. The van der Waals surface area contributed by atoms with E-state index in [1.54, 1.807) is 12.1 Å². The van der Waals surface area contributed by atoms with Gasteiger partial charge in [0, 0.05) is 31.7 Å². The van der Waals surface area contributed by atoms with Gasteiger partial charge in [0.25, 0.3) is 0 Å². The quantitative estimate of drug-likeness (QED) is 0.484. The van der Waals surface area contributed by atoms with Gasteiger partial charge in [-0.3, -0.25) is 15.6 Å². The van der Waals surface area contributed by atoms with Gasteiger partial charge in [0.2, 0.25) is 5.91 Å². The van der Waals surface area contributed by atoms with Crippen LogP contribution in [0.15, 0.2) is 36.4 Å². The first-order chi connectivity index (χ1) is 12.6. The van der Waals surface area contributed by atoms with Crippen molar-refractivity contribution >= 4 is 18.1 Å². The SMILES string of the molecule is C#Cc1ccc(CC(=O)N2CCN(c3ccc(=N)n(C=N)n3)CC2)cc1. The number of anilines is 1. The van der Waals surface area contributed by atoms with Crippen LogP contribution in [-0.4, -0.2) is 53.1 Å². The van der Waals surface area contributed by atoms with Crippen molar-refractivity contribution in [2.45, 2.75) is 6.42 Å². The van der Waals surface area contributed by atoms with E-state index in [1.807, 2.05) is 29.2 Å². The maximum Gasteiger partial charge on any atom is 0.227 e. The average Bonchev–Trinajstić information content (AvgIpc) is 2.69. The minimum atomic E-state index is 0.0992. The van der Waals surface area contributed by atoms with Crippen LogP contribution in [0.5, 0.6) is 0 Å². The number of piperazine rings is 1. The summed E-state index contributed by atoms with van der Waals surface area (Å²) in [5.41, 5.74) is 1.92. The molecule has 26 heavy (non-hydrogen) atoms. The third kappa shape index (κ3) is 3.81. The number of terminal acetylenes is 1. The van der Waals surface area contributed by atoms with Gasteiger partial charge in [0.15, 0.2) is 0 Å². The minimum absolute atomic E-state index is 0.0992.